The van der Waals surface area contributed by atoms with E-state index in [0.29, 0.717) is 13.0 Å². The molecule has 3 heteroatoms. The maximum atomic E-state index is 12.2. The summed E-state index contributed by atoms with van der Waals surface area (Å²) in [6.07, 6.45) is 0.327. The molecule has 1 amide bonds. The smallest absolute Gasteiger partial charge is 0.224 e. The molecule has 0 aliphatic rings. The van der Waals surface area contributed by atoms with Crippen LogP contribution in [0.15, 0.2) is 60.7 Å². The van der Waals surface area contributed by atoms with Gasteiger partial charge in [-0.3, -0.25) is 4.79 Å². The van der Waals surface area contributed by atoms with Gasteiger partial charge in [-0.25, -0.2) is 0 Å². The fourth-order valence-electron chi connectivity index (χ4n) is 2.11. The van der Waals surface area contributed by atoms with Crippen molar-refractivity contribution in [2.75, 3.05) is 7.05 Å². The van der Waals surface area contributed by atoms with E-state index in [2.05, 4.69) is 0 Å². The number of rotatable bonds is 5. The first-order chi connectivity index (χ1) is 9.66. The third-order valence-electron chi connectivity index (χ3n) is 3.31. The number of carbonyl (C=O) groups is 1. The third kappa shape index (κ3) is 3.93. The second kappa shape index (κ2) is 6.87. The second-order valence-electron chi connectivity index (χ2n) is 4.96. The molecular weight excluding hydrogens is 248 g/mol. The number of hydrogen-bond acceptors (Lipinski definition) is 2. The molecule has 0 bridgehead atoms. The summed E-state index contributed by atoms with van der Waals surface area (Å²) in [6, 6.07) is 19.4. The summed E-state index contributed by atoms with van der Waals surface area (Å²) in [5, 5.41) is 0. The first kappa shape index (κ1) is 14.3. The normalized spacial score (nSPS) is 11.9. The Bertz CT molecular complexity index is 539. The van der Waals surface area contributed by atoms with Crippen LogP contribution in [0.3, 0.4) is 0 Å². The molecule has 20 heavy (non-hydrogen) atoms. The summed E-state index contributed by atoms with van der Waals surface area (Å²) >= 11 is 0. The SMILES string of the molecule is CN(Cc1ccccc1)C(=O)CC(N)c1ccccc1. The highest BCUT2D eigenvalue weighted by molar-refractivity contribution is 5.76. The summed E-state index contributed by atoms with van der Waals surface area (Å²) in [5.74, 6) is 0.0604. The van der Waals surface area contributed by atoms with Crippen LogP contribution < -0.4 is 5.73 Å². The Kier molecular flexibility index (Phi) is 4.91. The van der Waals surface area contributed by atoms with Crippen molar-refractivity contribution in [1.82, 2.24) is 4.90 Å². The van der Waals surface area contributed by atoms with Crippen molar-refractivity contribution >= 4 is 5.91 Å². The molecule has 2 aromatic carbocycles. The number of nitrogens with two attached hydrogens (primary N) is 1. The van der Waals surface area contributed by atoms with Gasteiger partial charge in [-0.15, -0.1) is 0 Å². The lowest BCUT2D eigenvalue weighted by Crippen LogP contribution is -2.29. The Morgan fingerprint density at radius 3 is 2.20 bits per heavy atom. The first-order valence-electron chi connectivity index (χ1n) is 6.75. The van der Waals surface area contributed by atoms with E-state index in [0.717, 1.165) is 11.1 Å². The monoisotopic (exact) mass is 268 g/mol. The molecule has 2 aromatic rings. The highest BCUT2D eigenvalue weighted by Gasteiger charge is 2.15. The van der Waals surface area contributed by atoms with Crippen molar-refractivity contribution in [1.29, 1.82) is 0 Å². The number of amides is 1. The van der Waals surface area contributed by atoms with Crippen LogP contribution in [0.1, 0.15) is 23.6 Å². The van der Waals surface area contributed by atoms with E-state index in [9.17, 15) is 4.79 Å². The van der Waals surface area contributed by atoms with Crippen molar-refractivity contribution in [2.45, 2.75) is 19.0 Å². The zero-order valence-corrected chi connectivity index (χ0v) is 11.7. The van der Waals surface area contributed by atoms with Crippen LogP contribution in [0.4, 0.5) is 0 Å². The molecule has 0 saturated carbocycles. The molecule has 3 nitrogen and oxygen atoms in total. The van der Waals surface area contributed by atoms with Crippen molar-refractivity contribution in [2.24, 2.45) is 5.73 Å². The standard InChI is InChI=1S/C17H20N2O/c1-19(13-14-8-4-2-5-9-14)17(20)12-16(18)15-10-6-3-7-11-15/h2-11,16H,12-13,18H2,1H3. The van der Waals surface area contributed by atoms with E-state index in [1.165, 1.54) is 0 Å². The quantitative estimate of drug-likeness (QED) is 0.906. The molecule has 0 heterocycles. The predicted molar refractivity (Wildman–Crippen MR) is 80.9 cm³/mol. The van der Waals surface area contributed by atoms with E-state index in [4.69, 9.17) is 5.73 Å². The Balaban J connectivity index is 1.91. The van der Waals surface area contributed by atoms with Gasteiger partial charge in [0.15, 0.2) is 0 Å². The molecule has 0 fully saturated rings. The van der Waals surface area contributed by atoms with Crippen molar-refractivity contribution in [3.63, 3.8) is 0 Å². The largest absolute Gasteiger partial charge is 0.341 e. The van der Waals surface area contributed by atoms with E-state index in [-0.39, 0.29) is 11.9 Å². The molecule has 1 unspecified atom stereocenters. The number of carbonyl (C=O) groups excluding carboxylic acids is 1. The van der Waals surface area contributed by atoms with Crippen molar-refractivity contribution < 1.29 is 4.79 Å². The minimum Gasteiger partial charge on any atom is -0.341 e. The Hall–Kier alpha value is -2.13. The molecule has 0 spiro atoms. The molecular formula is C17H20N2O. The van der Waals surface area contributed by atoms with Crippen molar-refractivity contribution in [3.05, 3.63) is 71.8 Å². The van der Waals surface area contributed by atoms with Gasteiger partial charge in [0.05, 0.1) is 0 Å². The van der Waals surface area contributed by atoms with Crippen LogP contribution in [0.2, 0.25) is 0 Å². The summed E-state index contributed by atoms with van der Waals surface area (Å²) in [7, 11) is 1.81. The maximum absolute atomic E-state index is 12.2. The minimum absolute atomic E-state index is 0.0604. The first-order valence-corrected chi connectivity index (χ1v) is 6.75. The number of nitrogens with zero attached hydrogens (tertiary/aromatic N) is 1. The van der Waals surface area contributed by atoms with Crippen molar-refractivity contribution in [3.8, 4) is 0 Å². The summed E-state index contributed by atoms with van der Waals surface area (Å²) in [6.45, 7) is 0.612. The lowest BCUT2D eigenvalue weighted by molar-refractivity contribution is -0.130. The van der Waals surface area contributed by atoms with Gasteiger partial charge < -0.3 is 10.6 Å². The zero-order chi connectivity index (χ0) is 14.4. The van der Waals surface area contributed by atoms with Crippen LogP contribution in [0.25, 0.3) is 0 Å². The highest BCUT2D eigenvalue weighted by Crippen LogP contribution is 2.15. The van der Waals surface area contributed by atoms with E-state index in [1.807, 2.05) is 67.7 Å². The molecule has 0 aliphatic heterocycles. The topological polar surface area (TPSA) is 46.3 Å². The van der Waals surface area contributed by atoms with E-state index < -0.39 is 0 Å². The number of hydrogen-bond donors (Lipinski definition) is 1. The number of benzene rings is 2. The van der Waals surface area contributed by atoms with Crippen LogP contribution in [-0.4, -0.2) is 17.9 Å². The van der Waals surface area contributed by atoms with Gasteiger partial charge in [0.1, 0.15) is 0 Å². The van der Waals surface area contributed by atoms with Gasteiger partial charge in [-0.1, -0.05) is 60.7 Å². The van der Waals surface area contributed by atoms with Gasteiger partial charge in [-0.05, 0) is 11.1 Å². The summed E-state index contributed by atoms with van der Waals surface area (Å²) in [4.78, 5) is 13.9. The fourth-order valence-corrected chi connectivity index (χ4v) is 2.11. The van der Waals surface area contributed by atoms with Crippen LogP contribution >= 0.6 is 0 Å². The molecule has 2 rings (SSSR count). The van der Waals surface area contributed by atoms with Gasteiger partial charge in [0.25, 0.3) is 0 Å². The molecule has 1 atom stereocenters. The highest BCUT2D eigenvalue weighted by atomic mass is 16.2. The second-order valence-corrected chi connectivity index (χ2v) is 4.96. The van der Waals surface area contributed by atoms with Crippen LogP contribution in [0.5, 0.6) is 0 Å². The fraction of sp³-hybridized carbons (Fsp3) is 0.235. The zero-order valence-electron chi connectivity index (χ0n) is 11.7. The molecule has 104 valence electrons. The Morgan fingerprint density at radius 2 is 1.60 bits per heavy atom. The van der Waals surface area contributed by atoms with Gasteiger partial charge in [-0.2, -0.15) is 0 Å². The van der Waals surface area contributed by atoms with Gasteiger partial charge in [0.2, 0.25) is 5.91 Å². The Morgan fingerprint density at radius 1 is 1.05 bits per heavy atom. The van der Waals surface area contributed by atoms with Crippen LogP contribution in [-0.2, 0) is 11.3 Å². The van der Waals surface area contributed by atoms with Gasteiger partial charge >= 0.3 is 0 Å². The van der Waals surface area contributed by atoms with E-state index >= 15 is 0 Å². The van der Waals surface area contributed by atoms with Gasteiger partial charge in [0, 0.05) is 26.1 Å². The minimum atomic E-state index is -0.248. The maximum Gasteiger partial charge on any atom is 0.224 e. The molecule has 0 aliphatic carbocycles. The van der Waals surface area contributed by atoms with Crippen LogP contribution in [0, 0.1) is 0 Å². The predicted octanol–water partition coefficient (Wildman–Crippen LogP) is 2.74. The molecule has 0 radical (unpaired) electrons. The average molecular weight is 268 g/mol. The summed E-state index contributed by atoms with van der Waals surface area (Å²) in [5.41, 5.74) is 8.20. The molecule has 0 saturated heterocycles. The lowest BCUT2D eigenvalue weighted by Gasteiger charge is -2.20. The molecule has 2 N–H and O–H groups in total. The third-order valence-corrected chi connectivity index (χ3v) is 3.31. The average Bonchev–Trinajstić information content (AvgIpc) is 2.49. The van der Waals surface area contributed by atoms with E-state index in [1.54, 1.807) is 4.90 Å². The molecule has 0 aromatic heterocycles. The lowest BCUT2D eigenvalue weighted by atomic mass is 10.0. The Labute approximate surface area is 120 Å². The summed E-state index contributed by atoms with van der Waals surface area (Å²) < 4.78 is 0.